The Bertz CT molecular complexity index is 1130. The highest BCUT2D eigenvalue weighted by Gasteiger charge is 2.11. The number of pyridine rings is 1. The zero-order chi connectivity index (χ0) is 19.5. The molecule has 5 heteroatoms. The molecule has 0 unspecified atom stereocenters. The van der Waals surface area contributed by atoms with Crippen LogP contribution in [-0.4, -0.2) is 15.5 Å². The van der Waals surface area contributed by atoms with Crippen LogP contribution in [0, 0.1) is 6.92 Å². The van der Waals surface area contributed by atoms with Crippen molar-refractivity contribution in [2.45, 2.75) is 13.3 Å². The standard InChI is InChI=1S/C23H21N3O2/c1-16-12-18(9-10-22(16)28-19-6-5-11-24-14-19)25-23(27)13-17-15-26(2)21-8-4-3-7-20(17)21/h3-12,14-15H,13H2,1-2H3,(H,25,27). The van der Waals surface area contributed by atoms with Crippen molar-refractivity contribution < 1.29 is 9.53 Å². The van der Waals surface area contributed by atoms with Crippen LogP contribution in [0.15, 0.2) is 73.2 Å². The molecule has 0 bridgehead atoms. The number of ether oxygens (including phenoxy) is 1. The highest BCUT2D eigenvalue weighted by molar-refractivity contribution is 5.96. The summed E-state index contributed by atoms with van der Waals surface area (Å²) in [5.41, 5.74) is 3.83. The molecule has 0 spiro atoms. The fourth-order valence-corrected chi connectivity index (χ4v) is 3.32. The van der Waals surface area contributed by atoms with Gasteiger partial charge in [-0.2, -0.15) is 0 Å². The van der Waals surface area contributed by atoms with E-state index in [0.29, 0.717) is 12.2 Å². The number of hydrogen-bond acceptors (Lipinski definition) is 3. The number of hydrogen-bond donors (Lipinski definition) is 1. The maximum Gasteiger partial charge on any atom is 0.228 e. The summed E-state index contributed by atoms with van der Waals surface area (Å²) in [5, 5.41) is 4.09. The minimum atomic E-state index is -0.0447. The van der Waals surface area contributed by atoms with Gasteiger partial charge in [0.05, 0.1) is 12.6 Å². The first kappa shape index (κ1) is 17.8. The van der Waals surface area contributed by atoms with Crippen molar-refractivity contribution in [3.8, 4) is 11.5 Å². The molecular formula is C23H21N3O2. The van der Waals surface area contributed by atoms with Gasteiger partial charge in [0.1, 0.15) is 11.5 Å². The molecule has 140 valence electrons. The zero-order valence-corrected chi connectivity index (χ0v) is 15.8. The molecular weight excluding hydrogens is 350 g/mol. The summed E-state index contributed by atoms with van der Waals surface area (Å²) in [6, 6.07) is 17.4. The lowest BCUT2D eigenvalue weighted by Gasteiger charge is -2.11. The number of para-hydroxylation sites is 1. The third kappa shape index (κ3) is 3.74. The van der Waals surface area contributed by atoms with Crippen LogP contribution >= 0.6 is 0 Å². The number of anilines is 1. The molecule has 0 radical (unpaired) electrons. The van der Waals surface area contributed by atoms with E-state index in [9.17, 15) is 4.79 Å². The average Bonchev–Trinajstić information content (AvgIpc) is 3.00. The van der Waals surface area contributed by atoms with Gasteiger partial charge in [-0.05, 0) is 54.4 Å². The second kappa shape index (κ2) is 7.56. The maximum atomic E-state index is 12.6. The molecule has 0 fully saturated rings. The molecule has 4 rings (SSSR count). The molecule has 0 aliphatic rings. The second-order valence-corrected chi connectivity index (χ2v) is 6.78. The SMILES string of the molecule is Cc1cc(NC(=O)Cc2cn(C)c3ccccc23)ccc1Oc1cccnc1. The molecule has 0 saturated carbocycles. The van der Waals surface area contributed by atoms with E-state index in [4.69, 9.17) is 4.74 Å². The Morgan fingerprint density at radius 3 is 2.79 bits per heavy atom. The Balaban J connectivity index is 1.46. The first-order chi connectivity index (χ1) is 13.6. The van der Waals surface area contributed by atoms with Crippen LogP contribution in [0.4, 0.5) is 5.69 Å². The monoisotopic (exact) mass is 371 g/mol. The molecule has 0 atom stereocenters. The van der Waals surface area contributed by atoms with Crippen molar-refractivity contribution in [2.24, 2.45) is 7.05 Å². The van der Waals surface area contributed by atoms with Crippen LogP contribution in [0.3, 0.4) is 0 Å². The first-order valence-corrected chi connectivity index (χ1v) is 9.11. The highest BCUT2D eigenvalue weighted by Crippen LogP contribution is 2.27. The fraction of sp³-hybridized carbons (Fsp3) is 0.130. The summed E-state index contributed by atoms with van der Waals surface area (Å²) in [6.07, 6.45) is 5.71. The van der Waals surface area contributed by atoms with Crippen molar-refractivity contribution in [1.82, 2.24) is 9.55 Å². The summed E-state index contributed by atoms with van der Waals surface area (Å²) in [7, 11) is 1.99. The van der Waals surface area contributed by atoms with Crippen LogP contribution in [-0.2, 0) is 18.3 Å². The maximum absolute atomic E-state index is 12.6. The first-order valence-electron chi connectivity index (χ1n) is 9.11. The van der Waals surface area contributed by atoms with Gasteiger partial charge in [-0.25, -0.2) is 0 Å². The highest BCUT2D eigenvalue weighted by atomic mass is 16.5. The van der Waals surface area contributed by atoms with Gasteiger partial charge in [-0.3, -0.25) is 9.78 Å². The smallest absolute Gasteiger partial charge is 0.228 e. The van der Waals surface area contributed by atoms with Gasteiger partial charge in [-0.15, -0.1) is 0 Å². The lowest BCUT2D eigenvalue weighted by molar-refractivity contribution is -0.115. The van der Waals surface area contributed by atoms with Crippen molar-refractivity contribution in [1.29, 1.82) is 0 Å². The fourth-order valence-electron chi connectivity index (χ4n) is 3.32. The summed E-state index contributed by atoms with van der Waals surface area (Å²) in [4.78, 5) is 16.6. The van der Waals surface area contributed by atoms with E-state index in [0.717, 1.165) is 33.5 Å². The summed E-state index contributed by atoms with van der Waals surface area (Å²) < 4.78 is 7.89. The lowest BCUT2D eigenvalue weighted by atomic mass is 10.1. The molecule has 1 N–H and O–H groups in total. The molecule has 2 aromatic carbocycles. The number of fused-ring (bicyclic) bond motifs is 1. The normalized spacial score (nSPS) is 10.8. The minimum absolute atomic E-state index is 0.0447. The van der Waals surface area contributed by atoms with Crippen molar-refractivity contribution in [3.05, 3.63) is 84.3 Å². The van der Waals surface area contributed by atoms with Crippen molar-refractivity contribution in [3.63, 3.8) is 0 Å². The van der Waals surface area contributed by atoms with Crippen LogP contribution < -0.4 is 10.1 Å². The number of amides is 1. The number of aromatic nitrogens is 2. The van der Waals surface area contributed by atoms with Crippen molar-refractivity contribution in [2.75, 3.05) is 5.32 Å². The zero-order valence-electron chi connectivity index (χ0n) is 15.8. The van der Waals surface area contributed by atoms with Crippen LogP contribution in [0.5, 0.6) is 11.5 Å². The minimum Gasteiger partial charge on any atom is -0.455 e. The molecule has 0 aliphatic carbocycles. The molecule has 28 heavy (non-hydrogen) atoms. The second-order valence-electron chi connectivity index (χ2n) is 6.78. The number of aryl methyl sites for hydroxylation is 2. The van der Waals surface area contributed by atoms with Gasteiger partial charge in [-0.1, -0.05) is 18.2 Å². The van der Waals surface area contributed by atoms with E-state index in [1.54, 1.807) is 12.4 Å². The van der Waals surface area contributed by atoms with Gasteiger partial charge < -0.3 is 14.6 Å². The van der Waals surface area contributed by atoms with Gasteiger partial charge in [0.2, 0.25) is 5.91 Å². The van der Waals surface area contributed by atoms with E-state index in [2.05, 4.69) is 16.4 Å². The third-order valence-corrected chi connectivity index (χ3v) is 4.65. The lowest BCUT2D eigenvalue weighted by Crippen LogP contribution is -2.14. The van der Waals surface area contributed by atoms with Gasteiger partial charge >= 0.3 is 0 Å². The summed E-state index contributed by atoms with van der Waals surface area (Å²) in [6.45, 7) is 1.95. The number of rotatable bonds is 5. The molecule has 4 aromatic rings. The number of benzene rings is 2. The average molecular weight is 371 g/mol. The van der Waals surface area contributed by atoms with E-state index < -0.39 is 0 Å². The molecule has 1 amide bonds. The van der Waals surface area contributed by atoms with E-state index >= 15 is 0 Å². The third-order valence-electron chi connectivity index (χ3n) is 4.65. The van der Waals surface area contributed by atoms with Crippen molar-refractivity contribution >= 4 is 22.5 Å². The summed E-state index contributed by atoms with van der Waals surface area (Å²) >= 11 is 0. The van der Waals surface area contributed by atoms with Gasteiger partial charge in [0.25, 0.3) is 0 Å². The van der Waals surface area contributed by atoms with E-state index in [1.165, 1.54) is 0 Å². The Morgan fingerprint density at radius 1 is 1.14 bits per heavy atom. The Morgan fingerprint density at radius 2 is 2.00 bits per heavy atom. The predicted molar refractivity (Wildman–Crippen MR) is 111 cm³/mol. The molecule has 0 saturated heterocycles. The predicted octanol–water partition coefficient (Wildman–Crippen LogP) is 4.86. The number of carbonyl (C=O) groups is 1. The molecule has 2 heterocycles. The van der Waals surface area contributed by atoms with E-state index in [1.807, 2.05) is 73.3 Å². The van der Waals surface area contributed by atoms with E-state index in [-0.39, 0.29) is 5.91 Å². The Labute approximate surface area is 163 Å². The van der Waals surface area contributed by atoms with Gasteiger partial charge in [0, 0.05) is 36.0 Å². The topological polar surface area (TPSA) is 56.2 Å². The number of carbonyl (C=O) groups excluding carboxylic acids is 1. The largest absolute Gasteiger partial charge is 0.455 e. The molecule has 0 aliphatic heterocycles. The Hall–Kier alpha value is -3.60. The van der Waals surface area contributed by atoms with Crippen LogP contribution in [0.25, 0.3) is 10.9 Å². The quantitative estimate of drug-likeness (QED) is 0.545. The van der Waals surface area contributed by atoms with Crippen LogP contribution in [0.2, 0.25) is 0 Å². The van der Waals surface area contributed by atoms with Gasteiger partial charge in [0.15, 0.2) is 0 Å². The molecule has 5 nitrogen and oxygen atoms in total. The van der Waals surface area contributed by atoms with Crippen LogP contribution in [0.1, 0.15) is 11.1 Å². The summed E-state index contributed by atoms with van der Waals surface area (Å²) in [5.74, 6) is 1.37. The molecule has 2 aromatic heterocycles. The Kier molecular flexibility index (Phi) is 4.81. The number of nitrogens with one attached hydrogen (secondary N) is 1. The number of nitrogens with zero attached hydrogens (tertiary/aromatic N) is 2.